The van der Waals surface area contributed by atoms with E-state index in [1.165, 1.54) is 0 Å². The Balaban J connectivity index is 1.93. The lowest BCUT2D eigenvalue weighted by Gasteiger charge is -2.22. The zero-order chi connectivity index (χ0) is 9.10. The van der Waals surface area contributed by atoms with Crippen molar-refractivity contribution in [2.45, 2.75) is 25.9 Å². The molecule has 2 rings (SSSR count). The molecule has 3 heteroatoms. The standard InChI is InChI=1S/C10H15NO2/c1-8-4-7-12-10(8)13-9-2-5-11-6-3-9/h4,7,9,11H,2-3,5-6H2,1H3. The topological polar surface area (TPSA) is 34.4 Å². The highest BCUT2D eigenvalue weighted by Crippen LogP contribution is 2.21. The van der Waals surface area contributed by atoms with Gasteiger partial charge < -0.3 is 14.5 Å². The minimum Gasteiger partial charge on any atom is -0.462 e. The maximum Gasteiger partial charge on any atom is 0.287 e. The third kappa shape index (κ3) is 2.04. The molecule has 0 bridgehead atoms. The summed E-state index contributed by atoms with van der Waals surface area (Å²) in [7, 11) is 0. The van der Waals surface area contributed by atoms with E-state index >= 15 is 0 Å². The Labute approximate surface area is 78.1 Å². The minimum absolute atomic E-state index is 0.325. The zero-order valence-electron chi connectivity index (χ0n) is 7.88. The van der Waals surface area contributed by atoms with Gasteiger partial charge in [0.2, 0.25) is 0 Å². The Hall–Kier alpha value is -0.960. The van der Waals surface area contributed by atoms with Gasteiger partial charge in [0.15, 0.2) is 0 Å². The second kappa shape index (κ2) is 3.83. The van der Waals surface area contributed by atoms with Crippen molar-refractivity contribution < 1.29 is 9.15 Å². The molecule has 3 nitrogen and oxygen atoms in total. The molecule has 0 spiro atoms. The van der Waals surface area contributed by atoms with Crippen LogP contribution in [0.2, 0.25) is 0 Å². The predicted octanol–water partition coefficient (Wildman–Crippen LogP) is 1.72. The molecule has 1 aliphatic rings. The van der Waals surface area contributed by atoms with Crippen molar-refractivity contribution in [3.8, 4) is 5.95 Å². The van der Waals surface area contributed by atoms with Crippen LogP contribution >= 0.6 is 0 Å². The van der Waals surface area contributed by atoms with Crippen molar-refractivity contribution in [1.82, 2.24) is 5.32 Å². The van der Waals surface area contributed by atoms with Crippen molar-refractivity contribution in [2.24, 2.45) is 0 Å². The Morgan fingerprint density at radius 3 is 2.85 bits per heavy atom. The molecular formula is C10H15NO2. The average Bonchev–Trinajstić information content (AvgIpc) is 2.54. The quantitative estimate of drug-likeness (QED) is 0.754. The van der Waals surface area contributed by atoms with E-state index in [1.54, 1.807) is 6.26 Å². The summed E-state index contributed by atoms with van der Waals surface area (Å²) >= 11 is 0. The normalized spacial score (nSPS) is 18.8. The summed E-state index contributed by atoms with van der Waals surface area (Å²) in [5, 5.41) is 3.30. The van der Waals surface area contributed by atoms with Crippen LogP contribution in [0.4, 0.5) is 0 Å². The van der Waals surface area contributed by atoms with Gasteiger partial charge in [0, 0.05) is 5.56 Å². The van der Waals surface area contributed by atoms with E-state index in [2.05, 4.69) is 5.32 Å². The first-order valence-electron chi connectivity index (χ1n) is 4.78. The van der Waals surface area contributed by atoms with Crippen molar-refractivity contribution in [2.75, 3.05) is 13.1 Å². The SMILES string of the molecule is Cc1ccoc1OC1CCNCC1. The molecule has 0 unspecified atom stereocenters. The van der Waals surface area contributed by atoms with E-state index in [4.69, 9.17) is 9.15 Å². The Bertz CT molecular complexity index is 264. The van der Waals surface area contributed by atoms with Crippen LogP contribution in [0.15, 0.2) is 16.7 Å². The first-order chi connectivity index (χ1) is 6.36. The van der Waals surface area contributed by atoms with Gasteiger partial charge in [0.05, 0.1) is 6.26 Å². The fourth-order valence-corrected chi connectivity index (χ4v) is 1.54. The second-order valence-corrected chi connectivity index (χ2v) is 3.46. The van der Waals surface area contributed by atoms with E-state index in [1.807, 2.05) is 13.0 Å². The number of ether oxygens (including phenoxy) is 1. The highest BCUT2D eigenvalue weighted by molar-refractivity contribution is 5.20. The maximum absolute atomic E-state index is 5.72. The van der Waals surface area contributed by atoms with Crippen LogP contribution in [0, 0.1) is 6.92 Å². The fraction of sp³-hybridized carbons (Fsp3) is 0.600. The van der Waals surface area contributed by atoms with Crippen LogP contribution in [0.3, 0.4) is 0 Å². The highest BCUT2D eigenvalue weighted by atomic mass is 16.6. The largest absolute Gasteiger partial charge is 0.462 e. The maximum atomic E-state index is 5.72. The lowest BCUT2D eigenvalue weighted by Crippen LogP contribution is -2.34. The molecule has 1 fully saturated rings. The zero-order valence-corrected chi connectivity index (χ0v) is 7.88. The van der Waals surface area contributed by atoms with E-state index in [9.17, 15) is 0 Å². The van der Waals surface area contributed by atoms with Gasteiger partial charge >= 0.3 is 0 Å². The Morgan fingerprint density at radius 2 is 2.23 bits per heavy atom. The summed E-state index contributed by atoms with van der Waals surface area (Å²) in [6.45, 7) is 4.09. The van der Waals surface area contributed by atoms with E-state index in [0.717, 1.165) is 31.5 Å². The molecule has 1 N–H and O–H groups in total. The van der Waals surface area contributed by atoms with Crippen LogP contribution in [0.25, 0.3) is 0 Å². The molecule has 72 valence electrons. The summed E-state index contributed by atoms with van der Waals surface area (Å²) in [4.78, 5) is 0. The molecule has 0 saturated carbocycles. The number of furan rings is 1. The fourth-order valence-electron chi connectivity index (χ4n) is 1.54. The summed E-state index contributed by atoms with van der Waals surface area (Å²) in [6.07, 6.45) is 4.14. The molecular weight excluding hydrogens is 166 g/mol. The van der Waals surface area contributed by atoms with Gasteiger partial charge in [-0.15, -0.1) is 0 Å². The van der Waals surface area contributed by atoms with Crippen LogP contribution in [-0.2, 0) is 0 Å². The third-order valence-electron chi connectivity index (χ3n) is 2.37. The van der Waals surface area contributed by atoms with Crippen LogP contribution in [0.5, 0.6) is 5.95 Å². The molecule has 0 atom stereocenters. The number of piperidine rings is 1. The van der Waals surface area contributed by atoms with Crippen LogP contribution in [-0.4, -0.2) is 19.2 Å². The van der Waals surface area contributed by atoms with Gasteiger partial charge in [0.25, 0.3) is 5.95 Å². The van der Waals surface area contributed by atoms with Crippen molar-refractivity contribution in [3.05, 3.63) is 17.9 Å². The number of hydrogen-bond acceptors (Lipinski definition) is 3. The van der Waals surface area contributed by atoms with E-state index in [-0.39, 0.29) is 0 Å². The van der Waals surface area contributed by atoms with Crippen LogP contribution in [0.1, 0.15) is 18.4 Å². The molecule has 0 aliphatic carbocycles. The van der Waals surface area contributed by atoms with Gasteiger partial charge in [0.1, 0.15) is 6.10 Å². The minimum atomic E-state index is 0.325. The van der Waals surface area contributed by atoms with Gasteiger partial charge in [-0.2, -0.15) is 0 Å². The number of nitrogens with one attached hydrogen (secondary N) is 1. The van der Waals surface area contributed by atoms with Crippen molar-refractivity contribution in [1.29, 1.82) is 0 Å². The van der Waals surface area contributed by atoms with E-state index in [0.29, 0.717) is 12.1 Å². The Morgan fingerprint density at radius 1 is 1.46 bits per heavy atom. The van der Waals surface area contributed by atoms with Gasteiger partial charge in [-0.3, -0.25) is 0 Å². The van der Waals surface area contributed by atoms with Crippen LogP contribution < -0.4 is 10.1 Å². The Kier molecular flexibility index (Phi) is 2.54. The average molecular weight is 181 g/mol. The molecule has 2 heterocycles. The molecule has 0 radical (unpaired) electrons. The molecule has 1 saturated heterocycles. The highest BCUT2D eigenvalue weighted by Gasteiger charge is 2.16. The molecule has 0 aromatic carbocycles. The number of aryl methyl sites for hydroxylation is 1. The third-order valence-corrected chi connectivity index (χ3v) is 2.37. The van der Waals surface area contributed by atoms with Crippen molar-refractivity contribution in [3.63, 3.8) is 0 Å². The summed E-state index contributed by atoms with van der Waals surface area (Å²) in [6, 6.07) is 1.93. The monoisotopic (exact) mass is 181 g/mol. The summed E-state index contributed by atoms with van der Waals surface area (Å²) in [5.41, 5.74) is 1.08. The predicted molar refractivity (Wildman–Crippen MR) is 50.0 cm³/mol. The second-order valence-electron chi connectivity index (χ2n) is 3.46. The van der Waals surface area contributed by atoms with Gasteiger partial charge in [-0.1, -0.05) is 0 Å². The smallest absolute Gasteiger partial charge is 0.287 e. The molecule has 1 aromatic rings. The van der Waals surface area contributed by atoms with Crippen molar-refractivity contribution >= 4 is 0 Å². The summed E-state index contributed by atoms with van der Waals surface area (Å²) < 4.78 is 10.9. The number of hydrogen-bond donors (Lipinski definition) is 1. The summed E-state index contributed by atoms with van der Waals surface area (Å²) in [5.74, 6) is 0.687. The lowest BCUT2D eigenvalue weighted by atomic mass is 10.1. The molecule has 13 heavy (non-hydrogen) atoms. The number of rotatable bonds is 2. The first kappa shape index (κ1) is 8.63. The molecule has 0 amide bonds. The first-order valence-corrected chi connectivity index (χ1v) is 4.78. The molecule has 1 aliphatic heterocycles. The lowest BCUT2D eigenvalue weighted by molar-refractivity contribution is 0.125. The van der Waals surface area contributed by atoms with Gasteiger partial charge in [-0.25, -0.2) is 0 Å². The molecule has 1 aromatic heterocycles. The van der Waals surface area contributed by atoms with E-state index < -0.39 is 0 Å². The van der Waals surface area contributed by atoms with Gasteiger partial charge in [-0.05, 0) is 38.9 Å².